The van der Waals surface area contributed by atoms with Crippen molar-refractivity contribution in [1.29, 1.82) is 0 Å². The second-order valence-electron chi connectivity index (χ2n) is 7.87. The van der Waals surface area contributed by atoms with Gasteiger partial charge in [-0.2, -0.15) is 26.3 Å². The minimum Gasteiger partial charge on any atom is -0.320 e. The second kappa shape index (κ2) is 9.52. The molecule has 0 spiro atoms. The van der Waals surface area contributed by atoms with Gasteiger partial charge in [-0.1, -0.05) is 47.7 Å². The number of hydrogen-bond donors (Lipinski definition) is 1. The Hall–Kier alpha value is -3.08. The van der Waals surface area contributed by atoms with Crippen molar-refractivity contribution < 1.29 is 35.5 Å². The number of rotatable bonds is 5. The zero-order valence-corrected chi connectivity index (χ0v) is 19.4. The fraction of sp³-hybridized carbons (Fsp3) is 0.250. The number of alkyl halides is 7. The van der Waals surface area contributed by atoms with Crippen LogP contribution < -0.4 is 5.32 Å². The number of nitrogens with zero attached hydrogens (tertiary/aromatic N) is 1. The van der Waals surface area contributed by atoms with Gasteiger partial charge in [0, 0.05) is 16.1 Å². The Bertz CT molecular complexity index is 1220. The number of nitrogens with one attached hydrogen (secondary N) is 1. The maximum Gasteiger partial charge on any atom is 0.435 e. The summed E-state index contributed by atoms with van der Waals surface area (Å²) >= 11 is 1.31. The molecule has 11 heteroatoms. The molecule has 0 radical (unpaired) electrons. The summed E-state index contributed by atoms with van der Waals surface area (Å²) in [5.74, 6) is -0.728. The predicted molar refractivity (Wildman–Crippen MR) is 118 cm³/mol. The fourth-order valence-electron chi connectivity index (χ4n) is 3.42. The lowest BCUT2D eigenvalue weighted by atomic mass is 9.90. The number of carbonyl (C=O) groups is 1. The molecule has 2 aromatic carbocycles. The number of halogens is 7. The van der Waals surface area contributed by atoms with Gasteiger partial charge in [0.1, 0.15) is 10.7 Å². The summed E-state index contributed by atoms with van der Waals surface area (Å²) in [6, 6.07) is 13.1. The summed E-state index contributed by atoms with van der Waals surface area (Å²) in [7, 11) is 0. The third kappa shape index (κ3) is 5.44. The van der Waals surface area contributed by atoms with Crippen LogP contribution in [0.1, 0.15) is 32.7 Å². The number of aryl methyl sites for hydroxylation is 3. The van der Waals surface area contributed by atoms with E-state index in [4.69, 9.17) is 0 Å². The van der Waals surface area contributed by atoms with Gasteiger partial charge < -0.3 is 5.32 Å². The molecule has 3 aromatic rings. The topological polar surface area (TPSA) is 42.0 Å². The molecule has 0 atom stereocenters. The van der Waals surface area contributed by atoms with Crippen LogP contribution in [0.25, 0.3) is 0 Å². The predicted octanol–water partition coefficient (Wildman–Crippen LogP) is 7.70. The number of aromatic nitrogens is 1. The number of hydrogen-bond acceptors (Lipinski definition) is 3. The molecule has 186 valence electrons. The molecule has 0 fully saturated rings. The Morgan fingerprint density at radius 1 is 0.829 bits per heavy atom. The molecule has 0 bridgehead atoms. The lowest BCUT2D eigenvalue weighted by molar-refractivity contribution is -0.348. The van der Waals surface area contributed by atoms with E-state index in [1.165, 1.54) is 31.7 Å². The summed E-state index contributed by atoms with van der Waals surface area (Å²) in [5.41, 5.74) is -6.53. The maximum absolute atomic E-state index is 14.5. The molecule has 0 aliphatic rings. The maximum atomic E-state index is 14.5. The highest BCUT2D eigenvalue weighted by molar-refractivity contribution is 7.99. The molecule has 0 unspecified atom stereocenters. The van der Waals surface area contributed by atoms with Crippen LogP contribution in [0.3, 0.4) is 0 Å². The summed E-state index contributed by atoms with van der Waals surface area (Å²) in [5, 5.41) is 2.96. The third-order valence-corrected chi connectivity index (χ3v) is 6.04. The van der Waals surface area contributed by atoms with Crippen LogP contribution in [-0.4, -0.2) is 23.2 Å². The van der Waals surface area contributed by atoms with Gasteiger partial charge in [0.25, 0.3) is 5.91 Å². The minimum absolute atomic E-state index is 0.0176. The van der Waals surface area contributed by atoms with E-state index in [0.717, 1.165) is 10.5 Å². The number of anilines is 1. The number of carbonyl (C=O) groups excluding carboxylic acids is 1. The van der Waals surface area contributed by atoms with Crippen LogP contribution in [0, 0.1) is 20.8 Å². The van der Waals surface area contributed by atoms with Gasteiger partial charge in [-0.15, -0.1) is 0 Å². The SMILES string of the molecule is Cc1cccc(Sc2cccc(C(=O)Nc3c(C)cc(C(F)(C(F)(F)F)C(F)(F)F)cc3C)n2)c1. The van der Waals surface area contributed by atoms with Crippen molar-refractivity contribution in [3.8, 4) is 0 Å². The molecular formula is C24H19F7N2OS. The van der Waals surface area contributed by atoms with Crippen LogP contribution in [-0.2, 0) is 5.67 Å². The monoisotopic (exact) mass is 516 g/mol. The highest BCUT2D eigenvalue weighted by Crippen LogP contribution is 2.53. The molecule has 1 aromatic heterocycles. The second-order valence-corrected chi connectivity index (χ2v) is 8.97. The molecule has 35 heavy (non-hydrogen) atoms. The van der Waals surface area contributed by atoms with Crippen LogP contribution in [0.4, 0.5) is 36.4 Å². The lowest BCUT2D eigenvalue weighted by Crippen LogP contribution is -2.50. The third-order valence-electron chi connectivity index (χ3n) is 5.12. The van der Waals surface area contributed by atoms with Crippen molar-refractivity contribution in [2.75, 3.05) is 5.32 Å². The first kappa shape index (κ1) is 26.5. The summed E-state index contributed by atoms with van der Waals surface area (Å²) < 4.78 is 93.2. The number of benzene rings is 2. The van der Waals surface area contributed by atoms with Crippen molar-refractivity contribution in [3.63, 3.8) is 0 Å². The van der Waals surface area contributed by atoms with E-state index < -0.39 is 29.5 Å². The van der Waals surface area contributed by atoms with Crippen LogP contribution in [0.5, 0.6) is 0 Å². The first-order valence-corrected chi connectivity index (χ1v) is 10.9. The van der Waals surface area contributed by atoms with Crippen LogP contribution >= 0.6 is 11.8 Å². The van der Waals surface area contributed by atoms with E-state index in [0.29, 0.717) is 17.2 Å². The zero-order valence-electron chi connectivity index (χ0n) is 18.6. The molecule has 1 N–H and O–H groups in total. The Morgan fingerprint density at radius 2 is 1.40 bits per heavy atom. The highest BCUT2D eigenvalue weighted by atomic mass is 32.2. The summed E-state index contributed by atoms with van der Waals surface area (Å²) in [6.07, 6.45) is -12.5. The van der Waals surface area contributed by atoms with Gasteiger partial charge in [0.05, 0.1) is 0 Å². The molecule has 0 aliphatic heterocycles. The van der Waals surface area contributed by atoms with Crippen molar-refractivity contribution in [2.24, 2.45) is 0 Å². The van der Waals surface area contributed by atoms with Gasteiger partial charge in [0.15, 0.2) is 0 Å². The number of amides is 1. The van der Waals surface area contributed by atoms with Crippen molar-refractivity contribution in [1.82, 2.24) is 4.98 Å². The standard InChI is InChI=1S/C24H19F7N2OS/c1-13-6-4-7-17(10-13)35-19-9-5-8-18(32-19)21(34)33-20-14(2)11-16(12-15(20)3)22(25,23(26,27)28)24(29,30)31/h4-12H,1-3H3,(H,33,34). The zero-order chi connectivity index (χ0) is 26.2. The molecule has 0 saturated carbocycles. The van der Waals surface area contributed by atoms with Gasteiger partial charge in [-0.3, -0.25) is 4.79 Å². The highest BCUT2D eigenvalue weighted by Gasteiger charge is 2.73. The summed E-state index contributed by atoms with van der Waals surface area (Å²) in [4.78, 5) is 17.9. The number of pyridine rings is 1. The molecule has 3 nitrogen and oxygen atoms in total. The Balaban J connectivity index is 1.89. The van der Waals surface area contributed by atoms with E-state index in [1.54, 1.807) is 12.1 Å². The molecule has 1 heterocycles. The Morgan fingerprint density at radius 3 is 1.94 bits per heavy atom. The van der Waals surface area contributed by atoms with Gasteiger partial charge in [0.2, 0.25) is 0 Å². The lowest BCUT2D eigenvalue weighted by Gasteiger charge is -2.31. The molecular weight excluding hydrogens is 497 g/mol. The average molecular weight is 516 g/mol. The van der Waals surface area contributed by atoms with E-state index in [2.05, 4.69) is 10.3 Å². The first-order chi connectivity index (χ1) is 16.1. The van der Waals surface area contributed by atoms with E-state index >= 15 is 0 Å². The minimum atomic E-state index is -6.23. The molecule has 1 amide bonds. The fourth-order valence-corrected chi connectivity index (χ4v) is 4.35. The van der Waals surface area contributed by atoms with Crippen molar-refractivity contribution in [3.05, 3.63) is 82.5 Å². The van der Waals surface area contributed by atoms with Gasteiger partial charge >= 0.3 is 18.0 Å². The van der Waals surface area contributed by atoms with E-state index in [1.807, 2.05) is 31.2 Å². The smallest absolute Gasteiger partial charge is 0.320 e. The average Bonchev–Trinajstić information content (AvgIpc) is 2.74. The van der Waals surface area contributed by atoms with Gasteiger partial charge in [-0.25, -0.2) is 9.37 Å². The molecule has 0 saturated heterocycles. The Labute approximate surface area is 200 Å². The summed E-state index contributed by atoms with van der Waals surface area (Å²) in [6.45, 7) is 4.28. The van der Waals surface area contributed by atoms with E-state index in [9.17, 15) is 35.5 Å². The van der Waals surface area contributed by atoms with Gasteiger partial charge in [-0.05, 0) is 56.2 Å². The van der Waals surface area contributed by atoms with Crippen LogP contribution in [0.2, 0.25) is 0 Å². The van der Waals surface area contributed by atoms with Crippen molar-refractivity contribution >= 4 is 23.4 Å². The van der Waals surface area contributed by atoms with E-state index in [-0.39, 0.29) is 22.5 Å². The first-order valence-electron chi connectivity index (χ1n) is 10.1. The molecule has 3 rings (SSSR count). The largest absolute Gasteiger partial charge is 0.435 e. The van der Waals surface area contributed by atoms with Crippen LogP contribution in [0.15, 0.2) is 64.5 Å². The normalized spacial score (nSPS) is 12.5. The molecule has 0 aliphatic carbocycles. The van der Waals surface area contributed by atoms with Crippen molar-refractivity contribution in [2.45, 2.75) is 48.7 Å². The Kier molecular flexibility index (Phi) is 7.21. The quantitative estimate of drug-likeness (QED) is 0.354.